The van der Waals surface area contributed by atoms with Gasteiger partial charge in [0.25, 0.3) is 0 Å². The predicted octanol–water partition coefficient (Wildman–Crippen LogP) is 3.45. The smallest absolute Gasteiger partial charge is 0.224 e. The van der Waals surface area contributed by atoms with Crippen LogP contribution in [0.25, 0.3) is 0 Å². The number of nitrogens with one attached hydrogen (secondary N) is 1. The second-order valence-electron chi connectivity index (χ2n) is 6.39. The van der Waals surface area contributed by atoms with E-state index in [0.29, 0.717) is 12.5 Å². The third kappa shape index (κ3) is 3.09. The minimum atomic E-state index is -0.913. The summed E-state index contributed by atoms with van der Waals surface area (Å²) in [6, 6.07) is 3.96. The van der Waals surface area contributed by atoms with Gasteiger partial charge < -0.3 is 5.32 Å². The van der Waals surface area contributed by atoms with Crippen LogP contribution < -0.4 is 5.32 Å². The number of benzene rings is 1. The highest BCUT2D eigenvalue weighted by Crippen LogP contribution is 2.47. The Morgan fingerprint density at radius 2 is 2.05 bits per heavy atom. The molecule has 1 aromatic rings. The van der Waals surface area contributed by atoms with Crippen molar-refractivity contribution in [1.82, 2.24) is 5.32 Å². The molecule has 21 heavy (non-hydrogen) atoms. The highest BCUT2D eigenvalue weighted by atomic mass is 19.2. The molecule has 2 fully saturated rings. The number of fused-ring (bicyclic) bond motifs is 1. The van der Waals surface area contributed by atoms with Gasteiger partial charge in [0.1, 0.15) is 0 Å². The van der Waals surface area contributed by atoms with Crippen molar-refractivity contribution in [2.24, 2.45) is 17.8 Å². The first kappa shape index (κ1) is 14.5. The molecule has 1 amide bonds. The summed E-state index contributed by atoms with van der Waals surface area (Å²) in [6.07, 6.45) is 6.31. The van der Waals surface area contributed by atoms with E-state index < -0.39 is 11.6 Å². The lowest BCUT2D eigenvalue weighted by molar-refractivity contribution is -0.120. The topological polar surface area (TPSA) is 29.1 Å². The first-order chi connectivity index (χ1) is 10.1. The van der Waals surface area contributed by atoms with Crippen molar-refractivity contribution in [3.05, 3.63) is 35.4 Å². The minimum absolute atomic E-state index is 0.0928. The van der Waals surface area contributed by atoms with Crippen LogP contribution in [-0.2, 0) is 11.2 Å². The molecule has 114 valence electrons. The second-order valence-corrected chi connectivity index (χ2v) is 6.39. The molecule has 3 rings (SSSR count). The molecule has 4 heteroatoms. The Morgan fingerprint density at radius 3 is 2.90 bits per heavy atom. The largest absolute Gasteiger partial charge is 0.356 e. The third-order valence-electron chi connectivity index (χ3n) is 5.18. The third-order valence-corrected chi connectivity index (χ3v) is 5.18. The van der Waals surface area contributed by atoms with Gasteiger partial charge in [-0.05, 0) is 43.1 Å². The summed E-state index contributed by atoms with van der Waals surface area (Å²) in [5.41, 5.74) is 0.123. The standard InChI is InChI=1S/C17H21F2NO/c18-15-6-2-4-12(17(15)19)9-16(21)20-10-13-8-7-11-3-1-5-14(11)13/h2,4,6,11,13-14H,1,3,5,7-10H2,(H,20,21)/t11-,13+,14-/m0/s1. The van der Waals surface area contributed by atoms with E-state index in [2.05, 4.69) is 5.32 Å². The van der Waals surface area contributed by atoms with Crippen molar-refractivity contribution in [2.75, 3.05) is 6.54 Å². The number of hydrogen-bond acceptors (Lipinski definition) is 1. The van der Waals surface area contributed by atoms with E-state index in [4.69, 9.17) is 0 Å². The minimum Gasteiger partial charge on any atom is -0.356 e. The van der Waals surface area contributed by atoms with Crippen LogP contribution in [0.2, 0.25) is 0 Å². The molecule has 0 saturated heterocycles. The number of rotatable bonds is 4. The van der Waals surface area contributed by atoms with E-state index in [0.717, 1.165) is 17.9 Å². The maximum Gasteiger partial charge on any atom is 0.224 e. The van der Waals surface area contributed by atoms with Gasteiger partial charge in [-0.25, -0.2) is 8.78 Å². The molecule has 3 atom stereocenters. The molecule has 0 bridgehead atoms. The monoisotopic (exact) mass is 293 g/mol. The highest BCUT2D eigenvalue weighted by Gasteiger charge is 2.38. The molecule has 0 aliphatic heterocycles. The van der Waals surface area contributed by atoms with Gasteiger partial charge in [0.05, 0.1) is 6.42 Å². The summed E-state index contributed by atoms with van der Waals surface area (Å²) >= 11 is 0. The normalized spacial score (nSPS) is 27.6. The van der Waals surface area contributed by atoms with Crippen LogP contribution in [0.4, 0.5) is 8.78 Å². The average Bonchev–Trinajstić information content (AvgIpc) is 3.05. The molecular formula is C17H21F2NO. The highest BCUT2D eigenvalue weighted by molar-refractivity contribution is 5.78. The van der Waals surface area contributed by atoms with E-state index in [1.165, 1.54) is 44.2 Å². The van der Waals surface area contributed by atoms with Crippen molar-refractivity contribution in [3.63, 3.8) is 0 Å². The SMILES string of the molecule is O=C(Cc1cccc(F)c1F)NC[C@H]1CC[C@@H]2CCC[C@@H]21. The zero-order chi connectivity index (χ0) is 14.8. The Kier molecular flexibility index (Phi) is 4.22. The van der Waals surface area contributed by atoms with Gasteiger partial charge >= 0.3 is 0 Å². The Labute approximate surface area is 123 Å². The number of hydrogen-bond donors (Lipinski definition) is 1. The van der Waals surface area contributed by atoms with Crippen LogP contribution in [0.1, 0.15) is 37.7 Å². The van der Waals surface area contributed by atoms with Gasteiger partial charge in [0.2, 0.25) is 5.91 Å². The van der Waals surface area contributed by atoms with Crippen LogP contribution >= 0.6 is 0 Å². The quantitative estimate of drug-likeness (QED) is 0.905. The summed E-state index contributed by atoms with van der Waals surface area (Å²) in [6.45, 7) is 0.678. The Hall–Kier alpha value is -1.45. The molecule has 0 spiro atoms. The number of carbonyl (C=O) groups is 1. The molecule has 0 unspecified atom stereocenters. The van der Waals surface area contributed by atoms with Crippen LogP contribution in [0.15, 0.2) is 18.2 Å². The molecule has 2 nitrogen and oxygen atoms in total. The Balaban J connectivity index is 1.52. The second kappa shape index (κ2) is 6.12. The van der Waals surface area contributed by atoms with Crippen molar-refractivity contribution >= 4 is 5.91 Å². The van der Waals surface area contributed by atoms with Crippen molar-refractivity contribution in [1.29, 1.82) is 0 Å². The molecule has 2 aliphatic rings. The summed E-state index contributed by atoms with van der Waals surface area (Å²) in [5.74, 6) is 0.151. The molecule has 2 aliphatic carbocycles. The summed E-state index contributed by atoms with van der Waals surface area (Å²) in [4.78, 5) is 11.9. The van der Waals surface area contributed by atoms with Gasteiger partial charge in [-0.1, -0.05) is 25.0 Å². The summed E-state index contributed by atoms with van der Waals surface area (Å²) in [5, 5.41) is 2.90. The summed E-state index contributed by atoms with van der Waals surface area (Å²) in [7, 11) is 0. The lowest BCUT2D eigenvalue weighted by atomic mass is 9.92. The maximum atomic E-state index is 13.5. The van der Waals surface area contributed by atoms with Gasteiger partial charge in [-0.2, -0.15) is 0 Å². The molecule has 1 N–H and O–H groups in total. The van der Waals surface area contributed by atoms with E-state index in [9.17, 15) is 13.6 Å². The fraction of sp³-hybridized carbons (Fsp3) is 0.588. The number of carbonyl (C=O) groups excluding carboxylic acids is 1. The Morgan fingerprint density at radius 1 is 1.19 bits per heavy atom. The fourth-order valence-electron chi connectivity index (χ4n) is 4.11. The molecular weight excluding hydrogens is 272 g/mol. The average molecular weight is 293 g/mol. The van der Waals surface area contributed by atoms with E-state index in [1.807, 2.05) is 0 Å². The van der Waals surface area contributed by atoms with E-state index in [1.54, 1.807) is 0 Å². The van der Waals surface area contributed by atoms with Crippen molar-refractivity contribution < 1.29 is 13.6 Å². The Bertz CT molecular complexity index is 532. The molecule has 0 heterocycles. The summed E-state index contributed by atoms with van der Waals surface area (Å²) < 4.78 is 26.6. The molecule has 2 saturated carbocycles. The maximum absolute atomic E-state index is 13.5. The van der Waals surface area contributed by atoms with Gasteiger partial charge in [-0.3, -0.25) is 4.79 Å². The van der Waals surface area contributed by atoms with Crippen LogP contribution in [0.3, 0.4) is 0 Å². The lowest BCUT2D eigenvalue weighted by Gasteiger charge is -2.19. The number of amides is 1. The lowest BCUT2D eigenvalue weighted by Crippen LogP contribution is -2.32. The van der Waals surface area contributed by atoms with Crippen LogP contribution in [-0.4, -0.2) is 12.5 Å². The van der Waals surface area contributed by atoms with Gasteiger partial charge in [0, 0.05) is 12.1 Å². The molecule has 0 radical (unpaired) electrons. The first-order valence-corrected chi connectivity index (χ1v) is 7.84. The first-order valence-electron chi connectivity index (χ1n) is 7.84. The zero-order valence-electron chi connectivity index (χ0n) is 12.1. The van der Waals surface area contributed by atoms with Crippen LogP contribution in [0, 0.1) is 29.4 Å². The van der Waals surface area contributed by atoms with Crippen LogP contribution in [0.5, 0.6) is 0 Å². The van der Waals surface area contributed by atoms with Crippen molar-refractivity contribution in [2.45, 2.75) is 38.5 Å². The molecule has 0 aromatic heterocycles. The fourth-order valence-corrected chi connectivity index (χ4v) is 4.11. The molecule has 1 aromatic carbocycles. The number of halogens is 2. The van der Waals surface area contributed by atoms with Gasteiger partial charge in [0.15, 0.2) is 11.6 Å². The van der Waals surface area contributed by atoms with E-state index >= 15 is 0 Å². The zero-order valence-corrected chi connectivity index (χ0v) is 12.1. The predicted molar refractivity (Wildman–Crippen MR) is 76.6 cm³/mol. The van der Waals surface area contributed by atoms with E-state index in [-0.39, 0.29) is 17.9 Å². The van der Waals surface area contributed by atoms with Crippen molar-refractivity contribution in [3.8, 4) is 0 Å². The van der Waals surface area contributed by atoms with Gasteiger partial charge in [-0.15, -0.1) is 0 Å².